The maximum atomic E-state index is 12.4. The first-order chi connectivity index (χ1) is 9.70. The predicted octanol–water partition coefficient (Wildman–Crippen LogP) is 2.85. The average Bonchev–Trinajstić information content (AvgIpc) is 2.39. The quantitative estimate of drug-likeness (QED) is 0.842. The monoisotopic (exact) mass is 312 g/mol. The van der Waals surface area contributed by atoms with Crippen molar-refractivity contribution in [2.24, 2.45) is 5.41 Å². The summed E-state index contributed by atoms with van der Waals surface area (Å²) in [5, 5.41) is 3.39. The Morgan fingerprint density at radius 2 is 1.57 bits per heavy atom. The number of hydrogen-bond donors (Lipinski definition) is 1. The van der Waals surface area contributed by atoms with Crippen molar-refractivity contribution >= 4 is 10.0 Å². The van der Waals surface area contributed by atoms with Gasteiger partial charge in [0.25, 0.3) is 0 Å². The molecule has 1 N–H and O–H groups in total. The van der Waals surface area contributed by atoms with Crippen molar-refractivity contribution in [2.45, 2.75) is 46.1 Å². The molecular weight excluding hydrogens is 284 g/mol. The van der Waals surface area contributed by atoms with Crippen molar-refractivity contribution in [2.75, 3.05) is 19.6 Å². The molecule has 0 aliphatic rings. The highest BCUT2D eigenvalue weighted by Gasteiger charge is 2.21. The number of nitrogens with one attached hydrogen (secondary N) is 1. The van der Waals surface area contributed by atoms with Crippen molar-refractivity contribution in [3.8, 4) is 0 Å². The third kappa shape index (κ3) is 5.41. The first-order valence-electron chi connectivity index (χ1n) is 7.50. The van der Waals surface area contributed by atoms with Crippen molar-refractivity contribution in [3.05, 3.63) is 29.8 Å². The molecule has 0 amide bonds. The van der Waals surface area contributed by atoms with Crippen molar-refractivity contribution in [1.29, 1.82) is 0 Å². The molecule has 0 fully saturated rings. The molecule has 0 aliphatic carbocycles. The summed E-state index contributed by atoms with van der Waals surface area (Å²) in [6, 6.07) is 7.15. The van der Waals surface area contributed by atoms with Crippen LogP contribution in [0.5, 0.6) is 0 Å². The average molecular weight is 312 g/mol. The van der Waals surface area contributed by atoms with Gasteiger partial charge in [-0.2, -0.15) is 4.31 Å². The molecule has 0 heterocycles. The Labute approximate surface area is 129 Å². The minimum Gasteiger partial charge on any atom is -0.312 e. The molecule has 0 spiro atoms. The van der Waals surface area contributed by atoms with Crippen LogP contribution in [0.15, 0.2) is 29.2 Å². The van der Waals surface area contributed by atoms with E-state index in [1.165, 1.54) is 4.31 Å². The lowest BCUT2D eigenvalue weighted by Crippen LogP contribution is -2.30. The van der Waals surface area contributed by atoms with E-state index in [0.29, 0.717) is 18.0 Å². The zero-order valence-corrected chi connectivity index (χ0v) is 14.6. The summed E-state index contributed by atoms with van der Waals surface area (Å²) in [6.07, 6.45) is 0. The molecule has 0 unspecified atom stereocenters. The lowest BCUT2D eigenvalue weighted by Gasteiger charge is -2.19. The Morgan fingerprint density at radius 1 is 1.05 bits per heavy atom. The van der Waals surface area contributed by atoms with Gasteiger partial charge in [0.1, 0.15) is 0 Å². The fraction of sp³-hybridized carbons (Fsp3) is 0.625. The van der Waals surface area contributed by atoms with Crippen LogP contribution in [0.25, 0.3) is 0 Å². The van der Waals surface area contributed by atoms with Gasteiger partial charge in [-0.25, -0.2) is 8.42 Å². The standard InChI is InChI=1S/C16H28N2O2S/c1-6-18(7-2)21(19,20)15-10-8-14(9-11-15)12-17-13-16(3,4)5/h8-11,17H,6-7,12-13H2,1-5H3. The van der Waals surface area contributed by atoms with Crippen molar-refractivity contribution in [1.82, 2.24) is 9.62 Å². The summed E-state index contributed by atoms with van der Waals surface area (Å²) in [5.41, 5.74) is 1.34. The molecule has 0 saturated carbocycles. The first-order valence-corrected chi connectivity index (χ1v) is 8.94. The van der Waals surface area contributed by atoms with Gasteiger partial charge in [-0.3, -0.25) is 0 Å². The number of rotatable bonds is 7. The molecule has 0 aliphatic heterocycles. The summed E-state index contributed by atoms with van der Waals surface area (Å²) >= 11 is 0. The van der Waals surface area contributed by atoms with E-state index in [-0.39, 0.29) is 5.41 Å². The van der Waals surface area contributed by atoms with E-state index in [9.17, 15) is 8.42 Å². The van der Waals surface area contributed by atoms with E-state index in [1.807, 2.05) is 26.0 Å². The maximum absolute atomic E-state index is 12.4. The minimum atomic E-state index is -3.35. The van der Waals surface area contributed by atoms with E-state index in [0.717, 1.165) is 18.7 Å². The van der Waals surface area contributed by atoms with E-state index < -0.39 is 10.0 Å². The Bertz CT molecular complexity index is 526. The van der Waals surface area contributed by atoms with Crippen LogP contribution in [-0.4, -0.2) is 32.4 Å². The fourth-order valence-corrected chi connectivity index (χ4v) is 3.53. The molecule has 0 aromatic heterocycles. The first kappa shape index (κ1) is 18.1. The van der Waals surface area contributed by atoms with Gasteiger partial charge in [-0.1, -0.05) is 46.8 Å². The van der Waals surface area contributed by atoms with Crippen LogP contribution >= 0.6 is 0 Å². The summed E-state index contributed by atoms with van der Waals surface area (Å²) in [5.74, 6) is 0. The normalized spacial score (nSPS) is 12.9. The highest BCUT2D eigenvalue weighted by Crippen LogP contribution is 2.16. The molecule has 21 heavy (non-hydrogen) atoms. The van der Waals surface area contributed by atoms with Crippen molar-refractivity contribution in [3.63, 3.8) is 0 Å². The maximum Gasteiger partial charge on any atom is 0.243 e. The lowest BCUT2D eigenvalue weighted by molar-refractivity contribution is 0.379. The molecule has 5 heteroatoms. The number of hydrogen-bond acceptors (Lipinski definition) is 3. The molecule has 0 saturated heterocycles. The molecular formula is C16H28N2O2S. The van der Waals surface area contributed by atoms with E-state index in [1.54, 1.807) is 12.1 Å². The largest absolute Gasteiger partial charge is 0.312 e. The van der Waals surface area contributed by atoms with E-state index in [2.05, 4.69) is 26.1 Å². The van der Waals surface area contributed by atoms with Crippen LogP contribution in [0.3, 0.4) is 0 Å². The molecule has 1 aromatic rings. The Kier molecular flexibility index (Phi) is 6.38. The third-order valence-electron chi connectivity index (χ3n) is 3.25. The van der Waals surface area contributed by atoms with Crippen LogP contribution in [0.1, 0.15) is 40.2 Å². The van der Waals surface area contributed by atoms with Crippen molar-refractivity contribution < 1.29 is 8.42 Å². The fourth-order valence-electron chi connectivity index (χ4n) is 2.07. The number of benzene rings is 1. The number of nitrogens with zero attached hydrogens (tertiary/aromatic N) is 1. The second kappa shape index (κ2) is 7.38. The third-order valence-corrected chi connectivity index (χ3v) is 5.32. The Morgan fingerprint density at radius 3 is 2.00 bits per heavy atom. The van der Waals surface area contributed by atoms with Gasteiger partial charge in [-0.15, -0.1) is 0 Å². The zero-order chi connectivity index (χ0) is 16.1. The Balaban J connectivity index is 2.74. The van der Waals surface area contributed by atoms with Gasteiger partial charge >= 0.3 is 0 Å². The topological polar surface area (TPSA) is 49.4 Å². The molecule has 4 nitrogen and oxygen atoms in total. The Hall–Kier alpha value is -0.910. The van der Waals surface area contributed by atoms with Gasteiger partial charge in [-0.05, 0) is 23.1 Å². The van der Waals surface area contributed by atoms with E-state index in [4.69, 9.17) is 0 Å². The highest BCUT2D eigenvalue weighted by molar-refractivity contribution is 7.89. The van der Waals surface area contributed by atoms with Gasteiger partial charge in [0.05, 0.1) is 4.90 Å². The smallest absolute Gasteiger partial charge is 0.243 e. The second-order valence-corrected chi connectivity index (χ2v) is 8.34. The van der Waals surface area contributed by atoms with Crippen LogP contribution in [-0.2, 0) is 16.6 Å². The minimum absolute atomic E-state index is 0.242. The summed E-state index contributed by atoms with van der Waals surface area (Å²) in [6.45, 7) is 12.9. The van der Waals surface area contributed by atoms with Crippen LogP contribution in [0.4, 0.5) is 0 Å². The van der Waals surface area contributed by atoms with Crippen LogP contribution in [0, 0.1) is 5.41 Å². The molecule has 0 radical (unpaired) electrons. The summed E-state index contributed by atoms with van der Waals surface area (Å²) < 4.78 is 26.2. The van der Waals surface area contributed by atoms with Crippen LogP contribution in [0.2, 0.25) is 0 Å². The van der Waals surface area contributed by atoms with Gasteiger partial charge in [0.2, 0.25) is 10.0 Å². The SMILES string of the molecule is CCN(CC)S(=O)(=O)c1ccc(CNCC(C)(C)C)cc1. The zero-order valence-electron chi connectivity index (χ0n) is 13.8. The lowest BCUT2D eigenvalue weighted by atomic mass is 9.97. The second-order valence-electron chi connectivity index (χ2n) is 6.40. The predicted molar refractivity (Wildman–Crippen MR) is 87.7 cm³/mol. The van der Waals surface area contributed by atoms with Gasteiger partial charge in [0, 0.05) is 26.2 Å². The van der Waals surface area contributed by atoms with Gasteiger partial charge in [0.15, 0.2) is 0 Å². The molecule has 1 aromatic carbocycles. The molecule has 0 bridgehead atoms. The van der Waals surface area contributed by atoms with Gasteiger partial charge < -0.3 is 5.32 Å². The highest BCUT2D eigenvalue weighted by atomic mass is 32.2. The molecule has 0 atom stereocenters. The molecule has 1 rings (SSSR count). The summed E-state index contributed by atoms with van der Waals surface area (Å²) in [7, 11) is -3.35. The number of sulfonamides is 1. The molecule has 120 valence electrons. The van der Waals surface area contributed by atoms with E-state index >= 15 is 0 Å². The van der Waals surface area contributed by atoms with Crippen LogP contribution < -0.4 is 5.32 Å². The summed E-state index contributed by atoms with van der Waals surface area (Å²) in [4.78, 5) is 0.366.